The fourth-order valence-corrected chi connectivity index (χ4v) is 1.17. The molecule has 1 aromatic rings. The van der Waals surface area contributed by atoms with Crippen LogP contribution in [0, 0.1) is 0 Å². The molecule has 66 valence electrons. The highest BCUT2D eigenvalue weighted by Crippen LogP contribution is 2.13. The molecule has 12 heavy (non-hydrogen) atoms. The van der Waals surface area contributed by atoms with Crippen LogP contribution >= 0.6 is 11.6 Å². The molecule has 0 spiro atoms. The lowest BCUT2D eigenvalue weighted by Crippen LogP contribution is -1.95. The van der Waals surface area contributed by atoms with Gasteiger partial charge in [0.05, 0.1) is 6.33 Å². The van der Waals surface area contributed by atoms with Crippen molar-refractivity contribution in [3.05, 3.63) is 17.2 Å². The van der Waals surface area contributed by atoms with Crippen LogP contribution in [0.15, 0.2) is 6.33 Å². The number of unbranched alkanes of at least 4 members (excludes halogenated alkanes) is 1. The van der Waals surface area contributed by atoms with E-state index in [-0.39, 0.29) is 0 Å². The molecule has 0 fully saturated rings. The second-order valence-electron chi connectivity index (χ2n) is 2.59. The summed E-state index contributed by atoms with van der Waals surface area (Å²) in [5.74, 6) is 0. The largest absolute Gasteiger partial charge is 0.321 e. The summed E-state index contributed by atoms with van der Waals surface area (Å²) in [4.78, 5) is 14.2. The number of aryl methyl sites for hydroxylation is 1. The van der Waals surface area contributed by atoms with E-state index in [4.69, 9.17) is 11.6 Å². The number of halogens is 1. The minimum Gasteiger partial charge on any atom is -0.321 e. The summed E-state index contributed by atoms with van der Waals surface area (Å²) in [6, 6.07) is 0. The molecule has 0 saturated heterocycles. The maximum atomic E-state index is 10.4. The predicted molar refractivity (Wildman–Crippen MR) is 47.5 cm³/mol. The highest BCUT2D eigenvalue weighted by Gasteiger charge is 2.05. The molecule has 3 nitrogen and oxygen atoms in total. The van der Waals surface area contributed by atoms with Gasteiger partial charge in [0.25, 0.3) is 0 Å². The van der Waals surface area contributed by atoms with Crippen LogP contribution in [0.3, 0.4) is 0 Å². The molecule has 1 rings (SSSR count). The van der Waals surface area contributed by atoms with Crippen molar-refractivity contribution in [2.45, 2.75) is 26.3 Å². The number of imidazole rings is 1. The van der Waals surface area contributed by atoms with E-state index in [0.717, 1.165) is 19.4 Å². The van der Waals surface area contributed by atoms with Gasteiger partial charge in [0, 0.05) is 6.54 Å². The average molecular weight is 187 g/mol. The summed E-state index contributed by atoms with van der Waals surface area (Å²) in [6.07, 6.45) is 4.42. The molecule has 0 aliphatic carbocycles. The third-order valence-corrected chi connectivity index (χ3v) is 2.07. The molecule has 0 amide bonds. The number of nitrogens with zero attached hydrogens (tertiary/aromatic N) is 2. The number of hydrogen-bond donors (Lipinski definition) is 0. The maximum absolute atomic E-state index is 10.4. The van der Waals surface area contributed by atoms with Crippen LogP contribution < -0.4 is 0 Å². The number of rotatable bonds is 4. The number of aldehydes is 1. The molecule has 0 bridgehead atoms. The molecule has 0 aliphatic rings. The van der Waals surface area contributed by atoms with Gasteiger partial charge in [0.15, 0.2) is 6.29 Å². The molecule has 0 N–H and O–H groups in total. The summed E-state index contributed by atoms with van der Waals surface area (Å²) >= 11 is 5.83. The number of hydrogen-bond acceptors (Lipinski definition) is 2. The van der Waals surface area contributed by atoms with E-state index in [1.165, 1.54) is 0 Å². The minimum absolute atomic E-state index is 0.327. The quantitative estimate of drug-likeness (QED) is 0.676. The fourth-order valence-electron chi connectivity index (χ4n) is 0.946. The normalized spacial score (nSPS) is 10.2. The van der Waals surface area contributed by atoms with Crippen LogP contribution in [-0.4, -0.2) is 15.8 Å². The number of carbonyl (C=O) groups excluding carboxylic acids is 1. The van der Waals surface area contributed by atoms with Gasteiger partial charge in [-0.15, -0.1) is 0 Å². The SMILES string of the molecule is CCCCn1cnc(C=O)c1Cl. The molecule has 1 aromatic heterocycles. The van der Waals surface area contributed by atoms with E-state index in [2.05, 4.69) is 11.9 Å². The molecule has 0 saturated carbocycles. The third-order valence-electron chi connectivity index (χ3n) is 1.66. The van der Waals surface area contributed by atoms with Crippen molar-refractivity contribution in [1.82, 2.24) is 9.55 Å². The average Bonchev–Trinajstić information content (AvgIpc) is 2.43. The second kappa shape index (κ2) is 4.26. The van der Waals surface area contributed by atoms with E-state index in [1.807, 2.05) is 0 Å². The molecule has 1 heterocycles. The van der Waals surface area contributed by atoms with Gasteiger partial charge in [0.1, 0.15) is 10.8 Å². The van der Waals surface area contributed by atoms with Gasteiger partial charge >= 0.3 is 0 Å². The lowest BCUT2D eigenvalue weighted by Gasteiger charge is -2.00. The van der Waals surface area contributed by atoms with Crippen molar-refractivity contribution in [1.29, 1.82) is 0 Å². The first-order valence-electron chi connectivity index (χ1n) is 3.95. The highest BCUT2D eigenvalue weighted by atomic mass is 35.5. The van der Waals surface area contributed by atoms with Crippen molar-refractivity contribution in [2.24, 2.45) is 0 Å². The Balaban J connectivity index is 2.72. The van der Waals surface area contributed by atoms with Crippen LogP contribution in [0.1, 0.15) is 30.3 Å². The van der Waals surface area contributed by atoms with Gasteiger partial charge in [-0.2, -0.15) is 0 Å². The first kappa shape index (κ1) is 9.26. The van der Waals surface area contributed by atoms with Crippen LogP contribution in [0.5, 0.6) is 0 Å². The molecule has 0 aromatic carbocycles. The Labute approximate surface area is 76.4 Å². The smallest absolute Gasteiger partial charge is 0.171 e. The van der Waals surface area contributed by atoms with Gasteiger partial charge in [-0.25, -0.2) is 4.98 Å². The van der Waals surface area contributed by atoms with Crippen molar-refractivity contribution in [2.75, 3.05) is 0 Å². The van der Waals surface area contributed by atoms with Crippen molar-refractivity contribution >= 4 is 17.9 Å². The highest BCUT2D eigenvalue weighted by molar-refractivity contribution is 6.31. The van der Waals surface area contributed by atoms with Crippen LogP contribution in [-0.2, 0) is 6.54 Å². The molecule has 0 unspecified atom stereocenters. The predicted octanol–water partition coefficient (Wildman–Crippen LogP) is 2.15. The summed E-state index contributed by atoms with van der Waals surface area (Å²) in [5.41, 5.74) is 0.327. The van der Waals surface area contributed by atoms with Gasteiger partial charge in [0.2, 0.25) is 0 Å². The van der Waals surface area contributed by atoms with Crippen molar-refractivity contribution < 1.29 is 4.79 Å². The van der Waals surface area contributed by atoms with Crippen LogP contribution in [0.2, 0.25) is 5.15 Å². The van der Waals surface area contributed by atoms with E-state index in [9.17, 15) is 4.79 Å². The Morgan fingerprint density at radius 3 is 3.00 bits per heavy atom. The Hall–Kier alpha value is -0.830. The van der Waals surface area contributed by atoms with Gasteiger partial charge in [-0.3, -0.25) is 4.79 Å². The lowest BCUT2D eigenvalue weighted by molar-refractivity contribution is 0.111. The second-order valence-corrected chi connectivity index (χ2v) is 2.94. The molecular weight excluding hydrogens is 176 g/mol. The molecule has 0 aliphatic heterocycles. The summed E-state index contributed by atoms with van der Waals surface area (Å²) in [5, 5.41) is 0.443. The maximum Gasteiger partial charge on any atom is 0.171 e. The topological polar surface area (TPSA) is 34.9 Å². The Kier molecular flexibility index (Phi) is 3.29. The zero-order chi connectivity index (χ0) is 8.97. The van der Waals surface area contributed by atoms with E-state index >= 15 is 0 Å². The van der Waals surface area contributed by atoms with Gasteiger partial charge < -0.3 is 4.57 Å². The third kappa shape index (κ3) is 1.85. The van der Waals surface area contributed by atoms with E-state index < -0.39 is 0 Å². The number of carbonyl (C=O) groups is 1. The standard InChI is InChI=1S/C8H11ClN2O/c1-2-3-4-11-6-10-7(5-12)8(11)9/h5-6H,2-4H2,1H3. The lowest BCUT2D eigenvalue weighted by atomic mass is 10.3. The Morgan fingerprint density at radius 1 is 1.75 bits per heavy atom. The van der Waals surface area contributed by atoms with Gasteiger partial charge in [-0.1, -0.05) is 24.9 Å². The zero-order valence-corrected chi connectivity index (χ0v) is 7.71. The van der Waals surface area contributed by atoms with E-state index in [0.29, 0.717) is 17.1 Å². The Bertz CT molecular complexity index is 270. The monoisotopic (exact) mass is 186 g/mol. The molecule has 0 radical (unpaired) electrons. The van der Waals surface area contributed by atoms with Crippen molar-refractivity contribution in [3.8, 4) is 0 Å². The van der Waals surface area contributed by atoms with E-state index in [1.54, 1.807) is 10.9 Å². The fraction of sp³-hybridized carbons (Fsp3) is 0.500. The van der Waals surface area contributed by atoms with Crippen LogP contribution in [0.25, 0.3) is 0 Å². The number of aromatic nitrogens is 2. The first-order valence-corrected chi connectivity index (χ1v) is 4.33. The van der Waals surface area contributed by atoms with Crippen molar-refractivity contribution in [3.63, 3.8) is 0 Å². The molecular formula is C8H11ClN2O. The van der Waals surface area contributed by atoms with Crippen LogP contribution in [0.4, 0.5) is 0 Å². The molecule has 4 heteroatoms. The Morgan fingerprint density at radius 2 is 2.50 bits per heavy atom. The summed E-state index contributed by atoms with van der Waals surface area (Å²) in [7, 11) is 0. The summed E-state index contributed by atoms with van der Waals surface area (Å²) in [6.45, 7) is 2.93. The summed E-state index contributed by atoms with van der Waals surface area (Å²) < 4.78 is 1.79. The zero-order valence-electron chi connectivity index (χ0n) is 6.96. The van der Waals surface area contributed by atoms with Gasteiger partial charge in [-0.05, 0) is 6.42 Å². The first-order chi connectivity index (χ1) is 5.79. The minimum atomic E-state index is 0.327. The molecule has 0 atom stereocenters.